The minimum absolute atomic E-state index is 0.0279. The zero-order chi connectivity index (χ0) is 12.3. The summed E-state index contributed by atoms with van der Waals surface area (Å²) in [4.78, 5) is 0. The molecule has 90 valence electrons. The molecule has 0 spiro atoms. The number of rotatable bonds is 4. The Kier molecular flexibility index (Phi) is 4.11. The molecule has 2 atom stereocenters. The Bertz CT molecular complexity index is 360. The molecule has 0 aliphatic heterocycles. The zero-order valence-corrected chi connectivity index (χ0v) is 10.7. The summed E-state index contributed by atoms with van der Waals surface area (Å²) in [6, 6.07) is 6.45. The van der Waals surface area contributed by atoms with Crippen molar-refractivity contribution in [3.05, 3.63) is 34.9 Å². The lowest BCUT2D eigenvalue weighted by atomic mass is 9.72. The van der Waals surface area contributed by atoms with E-state index in [-0.39, 0.29) is 18.1 Å². The van der Waals surface area contributed by atoms with Gasteiger partial charge in [-0.2, -0.15) is 0 Å². The molecular weight excluding hydrogens is 198 g/mol. The van der Waals surface area contributed by atoms with Crippen LogP contribution in [0.15, 0.2) is 18.2 Å². The minimum Gasteiger partial charge on any atom is -0.396 e. The number of aliphatic hydroxyl groups is 1. The summed E-state index contributed by atoms with van der Waals surface area (Å²) in [5.41, 5.74) is 9.70. The molecule has 2 heteroatoms. The molecule has 0 aromatic heterocycles. The lowest BCUT2D eigenvalue weighted by Gasteiger charge is -2.35. The monoisotopic (exact) mass is 221 g/mol. The molecule has 0 heterocycles. The fourth-order valence-electron chi connectivity index (χ4n) is 2.19. The first-order valence-electron chi connectivity index (χ1n) is 5.86. The largest absolute Gasteiger partial charge is 0.396 e. The standard InChI is InChI=1S/C14H23NO/c1-10-5-6-11(2)13(9-10)14(4,7-8-16)12(3)15/h5-6,9,12,16H,7-8,15H2,1-4H3. The van der Waals surface area contributed by atoms with Crippen molar-refractivity contribution >= 4 is 0 Å². The minimum atomic E-state index is -0.148. The van der Waals surface area contributed by atoms with E-state index in [1.807, 2.05) is 6.92 Å². The molecule has 1 aromatic carbocycles. The second-order valence-corrected chi connectivity index (χ2v) is 5.00. The van der Waals surface area contributed by atoms with Crippen molar-refractivity contribution in [2.45, 2.75) is 45.6 Å². The fraction of sp³-hybridized carbons (Fsp3) is 0.571. The highest BCUT2D eigenvalue weighted by Crippen LogP contribution is 2.33. The van der Waals surface area contributed by atoms with Crippen LogP contribution < -0.4 is 5.73 Å². The maximum absolute atomic E-state index is 9.22. The molecule has 0 fully saturated rings. The van der Waals surface area contributed by atoms with Crippen LogP contribution in [0.2, 0.25) is 0 Å². The summed E-state index contributed by atoms with van der Waals surface area (Å²) in [6.07, 6.45) is 0.703. The van der Waals surface area contributed by atoms with E-state index in [0.717, 1.165) is 0 Å². The molecule has 0 saturated heterocycles. The van der Waals surface area contributed by atoms with Gasteiger partial charge in [0.25, 0.3) is 0 Å². The van der Waals surface area contributed by atoms with E-state index in [4.69, 9.17) is 5.73 Å². The maximum Gasteiger partial charge on any atom is 0.0440 e. The van der Waals surface area contributed by atoms with Crippen molar-refractivity contribution in [1.82, 2.24) is 0 Å². The maximum atomic E-state index is 9.22. The van der Waals surface area contributed by atoms with E-state index in [9.17, 15) is 5.11 Å². The van der Waals surface area contributed by atoms with E-state index < -0.39 is 0 Å². The number of hydrogen-bond acceptors (Lipinski definition) is 2. The topological polar surface area (TPSA) is 46.2 Å². The van der Waals surface area contributed by atoms with Crippen LogP contribution in [0, 0.1) is 13.8 Å². The van der Waals surface area contributed by atoms with Gasteiger partial charge < -0.3 is 10.8 Å². The molecule has 0 radical (unpaired) electrons. The van der Waals surface area contributed by atoms with E-state index in [1.165, 1.54) is 16.7 Å². The highest BCUT2D eigenvalue weighted by Gasteiger charge is 2.31. The molecule has 2 unspecified atom stereocenters. The third-order valence-corrected chi connectivity index (χ3v) is 3.64. The summed E-state index contributed by atoms with van der Waals surface area (Å²) in [7, 11) is 0. The number of nitrogens with two attached hydrogens (primary N) is 1. The van der Waals surface area contributed by atoms with Crippen molar-refractivity contribution in [3.8, 4) is 0 Å². The predicted molar refractivity (Wildman–Crippen MR) is 68.6 cm³/mol. The first kappa shape index (κ1) is 13.2. The van der Waals surface area contributed by atoms with Gasteiger partial charge in [0.15, 0.2) is 0 Å². The fourth-order valence-corrected chi connectivity index (χ4v) is 2.19. The second kappa shape index (κ2) is 4.98. The second-order valence-electron chi connectivity index (χ2n) is 5.00. The van der Waals surface area contributed by atoms with Gasteiger partial charge in [-0.05, 0) is 38.3 Å². The Morgan fingerprint density at radius 2 is 2.00 bits per heavy atom. The average Bonchev–Trinajstić information content (AvgIpc) is 2.21. The van der Waals surface area contributed by atoms with Crippen LogP contribution >= 0.6 is 0 Å². The van der Waals surface area contributed by atoms with Gasteiger partial charge in [-0.3, -0.25) is 0 Å². The zero-order valence-electron chi connectivity index (χ0n) is 10.7. The normalized spacial score (nSPS) is 16.9. The van der Waals surface area contributed by atoms with Gasteiger partial charge in [-0.25, -0.2) is 0 Å². The van der Waals surface area contributed by atoms with E-state index in [2.05, 4.69) is 39.0 Å². The van der Waals surface area contributed by atoms with Gasteiger partial charge in [-0.15, -0.1) is 0 Å². The predicted octanol–water partition coefficient (Wildman–Crippen LogP) is 2.29. The van der Waals surface area contributed by atoms with Crippen LogP contribution in [-0.2, 0) is 5.41 Å². The van der Waals surface area contributed by atoms with Gasteiger partial charge in [0.05, 0.1) is 0 Å². The third kappa shape index (κ3) is 2.45. The Hall–Kier alpha value is -0.860. The lowest BCUT2D eigenvalue weighted by Crippen LogP contribution is -2.42. The summed E-state index contributed by atoms with van der Waals surface area (Å²) >= 11 is 0. The average molecular weight is 221 g/mol. The molecule has 0 aliphatic rings. The first-order valence-corrected chi connectivity index (χ1v) is 5.86. The van der Waals surface area contributed by atoms with Crippen LogP contribution in [0.25, 0.3) is 0 Å². The van der Waals surface area contributed by atoms with Gasteiger partial charge >= 0.3 is 0 Å². The van der Waals surface area contributed by atoms with Crippen molar-refractivity contribution < 1.29 is 5.11 Å². The summed E-state index contributed by atoms with van der Waals surface area (Å²) < 4.78 is 0. The quantitative estimate of drug-likeness (QED) is 0.819. The summed E-state index contributed by atoms with van der Waals surface area (Å²) in [6.45, 7) is 8.51. The number of benzene rings is 1. The summed E-state index contributed by atoms with van der Waals surface area (Å²) in [5, 5.41) is 9.22. The Balaban J connectivity index is 3.25. The Labute approximate surface area is 98.5 Å². The SMILES string of the molecule is Cc1ccc(C)c(C(C)(CCO)C(C)N)c1. The van der Waals surface area contributed by atoms with E-state index >= 15 is 0 Å². The number of hydrogen-bond donors (Lipinski definition) is 2. The number of aryl methyl sites for hydroxylation is 2. The van der Waals surface area contributed by atoms with Gasteiger partial charge in [0, 0.05) is 18.1 Å². The Morgan fingerprint density at radius 1 is 1.38 bits per heavy atom. The highest BCUT2D eigenvalue weighted by atomic mass is 16.3. The third-order valence-electron chi connectivity index (χ3n) is 3.64. The van der Waals surface area contributed by atoms with Gasteiger partial charge in [0.1, 0.15) is 0 Å². The van der Waals surface area contributed by atoms with E-state index in [1.54, 1.807) is 0 Å². The van der Waals surface area contributed by atoms with Crippen LogP contribution in [0.3, 0.4) is 0 Å². The van der Waals surface area contributed by atoms with Crippen LogP contribution in [-0.4, -0.2) is 17.8 Å². The first-order chi connectivity index (χ1) is 7.41. The molecule has 0 saturated carbocycles. The Morgan fingerprint density at radius 3 is 2.50 bits per heavy atom. The highest BCUT2D eigenvalue weighted by molar-refractivity contribution is 5.37. The van der Waals surface area contributed by atoms with Gasteiger partial charge in [-0.1, -0.05) is 30.7 Å². The number of aliphatic hydroxyl groups excluding tert-OH is 1. The van der Waals surface area contributed by atoms with E-state index in [0.29, 0.717) is 6.42 Å². The molecule has 2 nitrogen and oxygen atoms in total. The van der Waals surface area contributed by atoms with Gasteiger partial charge in [0.2, 0.25) is 0 Å². The molecule has 0 bridgehead atoms. The molecule has 3 N–H and O–H groups in total. The van der Waals surface area contributed by atoms with Crippen LogP contribution in [0.1, 0.15) is 37.0 Å². The molecule has 1 rings (SSSR count). The molecule has 16 heavy (non-hydrogen) atoms. The molecule has 0 amide bonds. The van der Waals surface area contributed by atoms with Crippen molar-refractivity contribution in [2.24, 2.45) is 5.73 Å². The van der Waals surface area contributed by atoms with Crippen LogP contribution in [0.4, 0.5) is 0 Å². The van der Waals surface area contributed by atoms with Crippen molar-refractivity contribution in [3.63, 3.8) is 0 Å². The molecule has 0 aliphatic carbocycles. The lowest BCUT2D eigenvalue weighted by molar-refractivity contribution is 0.229. The smallest absolute Gasteiger partial charge is 0.0440 e. The van der Waals surface area contributed by atoms with Crippen LogP contribution in [0.5, 0.6) is 0 Å². The molecular formula is C14H23NO. The van der Waals surface area contributed by atoms with Crippen molar-refractivity contribution in [1.29, 1.82) is 0 Å². The molecule has 1 aromatic rings. The van der Waals surface area contributed by atoms with Crippen molar-refractivity contribution in [2.75, 3.05) is 6.61 Å². The summed E-state index contributed by atoms with van der Waals surface area (Å²) in [5.74, 6) is 0.